The van der Waals surface area contributed by atoms with Crippen LogP contribution in [0.4, 0.5) is 0 Å². The van der Waals surface area contributed by atoms with Crippen molar-refractivity contribution in [3.8, 4) is 0 Å². The Balaban J connectivity index is 4.57. The van der Waals surface area contributed by atoms with Crippen molar-refractivity contribution in [2.75, 3.05) is 13.2 Å². The molecule has 1 unspecified atom stereocenters. The first-order valence-corrected chi connectivity index (χ1v) is 25.1. The highest BCUT2D eigenvalue weighted by atomic mass is 16.6. The van der Waals surface area contributed by atoms with Gasteiger partial charge in [-0.3, -0.25) is 14.4 Å². The van der Waals surface area contributed by atoms with Crippen LogP contribution in [0.2, 0.25) is 0 Å². The summed E-state index contributed by atoms with van der Waals surface area (Å²) in [5.41, 5.74) is 0. The topological polar surface area (TPSA) is 78.9 Å². The van der Waals surface area contributed by atoms with Crippen LogP contribution >= 0.6 is 0 Å². The molecule has 0 spiro atoms. The molecule has 63 heavy (non-hydrogen) atoms. The summed E-state index contributed by atoms with van der Waals surface area (Å²) in [6, 6.07) is 0. The molecule has 0 aliphatic carbocycles. The second kappa shape index (κ2) is 50.5. The molecule has 6 heteroatoms. The highest BCUT2D eigenvalue weighted by molar-refractivity contribution is 5.71. The van der Waals surface area contributed by atoms with Crippen LogP contribution in [0, 0.1) is 0 Å². The number of esters is 3. The van der Waals surface area contributed by atoms with E-state index in [1.165, 1.54) is 44.9 Å². The molecule has 1 atom stereocenters. The van der Waals surface area contributed by atoms with Crippen molar-refractivity contribution in [1.29, 1.82) is 0 Å². The molecule has 354 valence electrons. The number of carbonyl (C=O) groups is 3. The van der Waals surface area contributed by atoms with Crippen LogP contribution < -0.4 is 0 Å². The van der Waals surface area contributed by atoms with Gasteiger partial charge < -0.3 is 14.2 Å². The van der Waals surface area contributed by atoms with Gasteiger partial charge in [-0.05, 0) is 96.3 Å². The van der Waals surface area contributed by atoms with Crippen molar-refractivity contribution < 1.29 is 28.6 Å². The number of hydrogen-bond acceptors (Lipinski definition) is 6. The molecule has 6 nitrogen and oxygen atoms in total. The molecular weight excluding hydrogens is 781 g/mol. The summed E-state index contributed by atoms with van der Waals surface area (Å²) in [7, 11) is 0. The predicted molar refractivity (Wildman–Crippen MR) is 269 cm³/mol. The molecule has 0 aromatic carbocycles. The van der Waals surface area contributed by atoms with E-state index in [1.807, 2.05) is 48.6 Å². The monoisotopic (exact) mass is 871 g/mol. The first-order valence-electron chi connectivity index (χ1n) is 25.1. The van der Waals surface area contributed by atoms with E-state index in [9.17, 15) is 14.4 Å². The average molecular weight is 871 g/mol. The predicted octanol–water partition coefficient (Wildman–Crippen LogP) is 16.5. The quantitative estimate of drug-likeness (QED) is 0.0200. The lowest BCUT2D eigenvalue weighted by Crippen LogP contribution is -2.30. The Labute approximate surface area is 386 Å². The molecule has 0 bridgehead atoms. The van der Waals surface area contributed by atoms with E-state index in [0.717, 1.165) is 109 Å². The van der Waals surface area contributed by atoms with Gasteiger partial charge in [0, 0.05) is 19.3 Å². The molecule has 0 radical (unpaired) electrons. The van der Waals surface area contributed by atoms with Crippen molar-refractivity contribution in [3.63, 3.8) is 0 Å². The molecule has 0 aliphatic rings. The van der Waals surface area contributed by atoms with E-state index in [0.29, 0.717) is 19.3 Å². The third-order valence-electron chi connectivity index (χ3n) is 10.1. The van der Waals surface area contributed by atoms with Gasteiger partial charge >= 0.3 is 17.9 Å². The fourth-order valence-corrected chi connectivity index (χ4v) is 6.35. The Morgan fingerprint density at radius 3 is 1.19 bits per heavy atom. The van der Waals surface area contributed by atoms with Crippen molar-refractivity contribution in [2.24, 2.45) is 0 Å². The highest BCUT2D eigenvalue weighted by Gasteiger charge is 2.19. The van der Waals surface area contributed by atoms with Gasteiger partial charge in [0.2, 0.25) is 0 Å². The zero-order valence-corrected chi connectivity index (χ0v) is 40.3. The minimum Gasteiger partial charge on any atom is -0.462 e. The lowest BCUT2D eigenvalue weighted by molar-refractivity contribution is -0.167. The molecule has 0 saturated carbocycles. The zero-order valence-electron chi connectivity index (χ0n) is 40.3. The van der Waals surface area contributed by atoms with Crippen LogP contribution in [0.15, 0.2) is 122 Å². The molecule has 0 aromatic heterocycles. The van der Waals surface area contributed by atoms with Crippen LogP contribution in [0.1, 0.15) is 201 Å². The van der Waals surface area contributed by atoms with Gasteiger partial charge in [-0.2, -0.15) is 0 Å². The van der Waals surface area contributed by atoms with E-state index in [-0.39, 0.29) is 37.5 Å². The van der Waals surface area contributed by atoms with Crippen LogP contribution in [-0.4, -0.2) is 37.2 Å². The summed E-state index contributed by atoms with van der Waals surface area (Å²) >= 11 is 0. The summed E-state index contributed by atoms with van der Waals surface area (Å²) in [4.78, 5) is 37.9. The fraction of sp³-hybridized carbons (Fsp3) is 0.596. The Morgan fingerprint density at radius 1 is 0.349 bits per heavy atom. The third-order valence-corrected chi connectivity index (χ3v) is 10.1. The summed E-state index contributed by atoms with van der Waals surface area (Å²) < 4.78 is 16.7. The van der Waals surface area contributed by atoms with E-state index >= 15 is 0 Å². The average Bonchev–Trinajstić information content (AvgIpc) is 3.28. The molecule has 0 aliphatic heterocycles. The Morgan fingerprint density at radius 2 is 0.698 bits per heavy atom. The van der Waals surface area contributed by atoms with Gasteiger partial charge in [-0.1, -0.05) is 206 Å². The van der Waals surface area contributed by atoms with Crippen LogP contribution in [0.25, 0.3) is 0 Å². The van der Waals surface area contributed by atoms with Crippen molar-refractivity contribution in [3.05, 3.63) is 122 Å². The maximum Gasteiger partial charge on any atom is 0.306 e. The Kier molecular flexibility index (Phi) is 47.1. The van der Waals surface area contributed by atoms with Gasteiger partial charge in [-0.25, -0.2) is 0 Å². The lowest BCUT2D eigenvalue weighted by Gasteiger charge is -2.18. The molecule has 0 amide bonds. The van der Waals surface area contributed by atoms with E-state index in [1.54, 1.807) is 0 Å². The summed E-state index contributed by atoms with van der Waals surface area (Å²) in [5, 5.41) is 0. The molecule has 0 fully saturated rings. The number of hydrogen-bond donors (Lipinski definition) is 0. The van der Waals surface area contributed by atoms with Crippen molar-refractivity contribution >= 4 is 17.9 Å². The maximum atomic E-state index is 12.8. The number of allylic oxidation sites excluding steroid dienone is 20. The lowest BCUT2D eigenvalue weighted by atomic mass is 10.1. The van der Waals surface area contributed by atoms with E-state index in [4.69, 9.17) is 14.2 Å². The third kappa shape index (κ3) is 48.7. The minimum absolute atomic E-state index is 0.120. The molecule has 0 N–H and O–H groups in total. The van der Waals surface area contributed by atoms with E-state index < -0.39 is 6.10 Å². The number of rotatable bonds is 43. The van der Waals surface area contributed by atoms with Gasteiger partial charge in [-0.15, -0.1) is 0 Å². The summed E-state index contributed by atoms with van der Waals surface area (Å²) in [6.07, 6.45) is 68.9. The van der Waals surface area contributed by atoms with E-state index in [2.05, 4.69) is 93.7 Å². The first kappa shape index (κ1) is 58.8. The zero-order chi connectivity index (χ0) is 45.8. The largest absolute Gasteiger partial charge is 0.462 e. The number of ether oxygens (including phenoxy) is 3. The second-order valence-corrected chi connectivity index (χ2v) is 16.1. The number of unbranched alkanes of at least 4 members (excludes halogenated alkanes) is 17. The summed E-state index contributed by atoms with van der Waals surface area (Å²) in [6.45, 7) is 6.27. The first-order chi connectivity index (χ1) is 31.0. The standard InChI is InChI=1S/C57H90O6/c1-4-7-10-13-16-19-22-25-28-30-32-35-38-41-44-47-50-56(59)62-53-54(52-61-55(58)49-46-43-40-37-34-31-27-24-21-18-15-12-9-6-3)63-57(60)51-48-45-42-39-36-33-29-26-23-20-17-14-11-8-5-2/h8-9,11-12,14,17-18,20-21,23,26-33,35-36,54H,4-7,10,13,15-16,19,22,24-25,34,37-53H2,1-3H3/b11-8-,12-9-,17-14-,21-18-,23-20-,29-26-,30-28-,31-27-,35-32-,36-33-. The van der Waals surface area contributed by atoms with Crippen molar-refractivity contribution in [2.45, 2.75) is 207 Å². The molecule has 0 heterocycles. The van der Waals surface area contributed by atoms with Gasteiger partial charge in [0.1, 0.15) is 13.2 Å². The molecule has 0 aromatic rings. The smallest absolute Gasteiger partial charge is 0.306 e. The summed E-state index contributed by atoms with van der Waals surface area (Å²) in [5.74, 6) is -1.02. The highest BCUT2D eigenvalue weighted by Crippen LogP contribution is 2.12. The normalized spacial score (nSPS) is 13.1. The van der Waals surface area contributed by atoms with Crippen molar-refractivity contribution in [1.82, 2.24) is 0 Å². The Bertz CT molecular complexity index is 1370. The van der Waals surface area contributed by atoms with Gasteiger partial charge in [0.05, 0.1) is 0 Å². The maximum absolute atomic E-state index is 12.8. The Hall–Kier alpha value is -4.19. The van der Waals surface area contributed by atoms with Crippen LogP contribution in [0.5, 0.6) is 0 Å². The van der Waals surface area contributed by atoms with Crippen LogP contribution in [-0.2, 0) is 28.6 Å². The SMILES string of the molecule is CC\C=C/C=C\C=C/C=C\C=C/CCCCCC(=O)OC(COC(=O)CCCCC/C=C\C=C/CCCCCCCCC)COC(=O)CCCCCC/C=C\C/C=C\C/C=C\CC. The van der Waals surface area contributed by atoms with Crippen LogP contribution in [0.3, 0.4) is 0 Å². The van der Waals surface area contributed by atoms with Gasteiger partial charge in [0.25, 0.3) is 0 Å². The molecule has 0 saturated heterocycles. The molecule has 0 rings (SSSR count). The van der Waals surface area contributed by atoms with Gasteiger partial charge in [0.15, 0.2) is 6.10 Å². The fourth-order valence-electron chi connectivity index (χ4n) is 6.35. The number of carbonyl (C=O) groups excluding carboxylic acids is 3. The second-order valence-electron chi connectivity index (χ2n) is 16.1. The molecular formula is C57H90O6. The minimum atomic E-state index is -0.823.